The first-order chi connectivity index (χ1) is 8.10. The molecule has 0 saturated heterocycles. The standard InChI is InChI=1S/C14H18BrFO/c1-3-5-10(6-4-2)14(17)11-7-8-12(15)13(16)9-11/h7-10H,3-6H2,1-2H3. The molecule has 0 amide bonds. The van der Waals surface area contributed by atoms with E-state index < -0.39 is 0 Å². The fourth-order valence-corrected chi connectivity index (χ4v) is 2.24. The average molecular weight is 301 g/mol. The van der Waals surface area contributed by atoms with Crippen LogP contribution in [0.2, 0.25) is 0 Å². The highest BCUT2D eigenvalue weighted by atomic mass is 79.9. The fourth-order valence-electron chi connectivity index (χ4n) is 1.99. The molecule has 0 aliphatic rings. The molecule has 94 valence electrons. The van der Waals surface area contributed by atoms with Gasteiger partial charge < -0.3 is 0 Å². The van der Waals surface area contributed by atoms with Gasteiger partial charge in [0.25, 0.3) is 0 Å². The van der Waals surface area contributed by atoms with Crippen LogP contribution in [-0.2, 0) is 0 Å². The summed E-state index contributed by atoms with van der Waals surface area (Å²) < 4.78 is 13.8. The van der Waals surface area contributed by atoms with Gasteiger partial charge in [-0.3, -0.25) is 4.79 Å². The molecule has 0 bridgehead atoms. The van der Waals surface area contributed by atoms with E-state index in [4.69, 9.17) is 0 Å². The minimum Gasteiger partial charge on any atom is -0.294 e. The van der Waals surface area contributed by atoms with Crippen LogP contribution in [-0.4, -0.2) is 5.78 Å². The maximum atomic E-state index is 13.4. The zero-order valence-corrected chi connectivity index (χ0v) is 11.9. The van der Waals surface area contributed by atoms with E-state index in [0.717, 1.165) is 25.7 Å². The van der Waals surface area contributed by atoms with Gasteiger partial charge in [0, 0.05) is 11.5 Å². The molecule has 0 heterocycles. The molecule has 1 nitrogen and oxygen atoms in total. The predicted octanol–water partition coefficient (Wildman–Crippen LogP) is 4.99. The number of rotatable bonds is 6. The molecular formula is C14H18BrFO. The van der Waals surface area contributed by atoms with Gasteiger partial charge in [-0.15, -0.1) is 0 Å². The highest BCUT2D eigenvalue weighted by molar-refractivity contribution is 9.10. The second-order valence-corrected chi connectivity index (χ2v) is 5.12. The van der Waals surface area contributed by atoms with Crippen molar-refractivity contribution >= 4 is 21.7 Å². The highest BCUT2D eigenvalue weighted by Gasteiger charge is 2.19. The monoisotopic (exact) mass is 300 g/mol. The number of ketones is 1. The highest BCUT2D eigenvalue weighted by Crippen LogP contribution is 2.22. The largest absolute Gasteiger partial charge is 0.294 e. The van der Waals surface area contributed by atoms with Gasteiger partial charge in [0.2, 0.25) is 0 Å². The van der Waals surface area contributed by atoms with Crippen molar-refractivity contribution < 1.29 is 9.18 Å². The summed E-state index contributed by atoms with van der Waals surface area (Å²) in [5.41, 5.74) is 0.484. The van der Waals surface area contributed by atoms with E-state index in [-0.39, 0.29) is 17.5 Å². The summed E-state index contributed by atoms with van der Waals surface area (Å²) in [6.45, 7) is 4.14. The molecule has 0 radical (unpaired) electrons. The number of hydrogen-bond acceptors (Lipinski definition) is 1. The van der Waals surface area contributed by atoms with Gasteiger partial charge in [-0.05, 0) is 40.9 Å². The van der Waals surface area contributed by atoms with Crippen LogP contribution >= 0.6 is 15.9 Å². The van der Waals surface area contributed by atoms with Crippen LogP contribution in [0, 0.1) is 11.7 Å². The molecule has 0 spiro atoms. The minimum atomic E-state index is -0.373. The molecular weight excluding hydrogens is 283 g/mol. The van der Waals surface area contributed by atoms with Gasteiger partial charge in [0.15, 0.2) is 5.78 Å². The van der Waals surface area contributed by atoms with Crippen molar-refractivity contribution in [1.29, 1.82) is 0 Å². The van der Waals surface area contributed by atoms with Gasteiger partial charge in [-0.1, -0.05) is 32.8 Å². The zero-order valence-electron chi connectivity index (χ0n) is 10.3. The summed E-state index contributed by atoms with van der Waals surface area (Å²) in [7, 11) is 0. The van der Waals surface area contributed by atoms with Crippen molar-refractivity contribution in [3.05, 3.63) is 34.1 Å². The lowest BCUT2D eigenvalue weighted by atomic mass is 9.90. The van der Waals surface area contributed by atoms with Crippen LogP contribution in [0.3, 0.4) is 0 Å². The lowest BCUT2D eigenvalue weighted by Crippen LogP contribution is -2.14. The third kappa shape index (κ3) is 3.91. The van der Waals surface area contributed by atoms with Gasteiger partial charge in [0.1, 0.15) is 5.82 Å². The Morgan fingerprint density at radius 3 is 2.35 bits per heavy atom. The van der Waals surface area contributed by atoms with Crippen molar-refractivity contribution in [3.8, 4) is 0 Å². The van der Waals surface area contributed by atoms with Crippen molar-refractivity contribution in [2.45, 2.75) is 39.5 Å². The van der Waals surface area contributed by atoms with Crippen molar-refractivity contribution in [2.75, 3.05) is 0 Å². The summed E-state index contributed by atoms with van der Waals surface area (Å²) in [5.74, 6) is -0.270. The van der Waals surface area contributed by atoms with E-state index >= 15 is 0 Å². The van der Waals surface area contributed by atoms with E-state index in [1.54, 1.807) is 12.1 Å². The van der Waals surface area contributed by atoms with Crippen LogP contribution < -0.4 is 0 Å². The first-order valence-corrected chi connectivity index (χ1v) is 6.88. The van der Waals surface area contributed by atoms with Crippen LogP contribution in [0.25, 0.3) is 0 Å². The number of hydrogen-bond donors (Lipinski definition) is 0. The quantitative estimate of drug-likeness (QED) is 0.677. The molecule has 17 heavy (non-hydrogen) atoms. The number of Topliss-reactive ketones (excluding diaryl/α,β-unsaturated/α-hetero) is 1. The Bertz CT molecular complexity index is 384. The second-order valence-electron chi connectivity index (χ2n) is 4.27. The van der Waals surface area contributed by atoms with Gasteiger partial charge in [-0.2, -0.15) is 0 Å². The van der Waals surface area contributed by atoms with Gasteiger partial charge in [-0.25, -0.2) is 4.39 Å². The smallest absolute Gasteiger partial charge is 0.166 e. The Kier molecular flexibility index (Phi) is 5.83. The predicted molar refractivity (Wildman–Crippen MR) is 71.7 cm³/mol. The van der Waals surface area contributed by atoms with Crippen molar-refractivity contribution in [1.82, 2.24) is 0 Å². The Morgan fingerprint density at radius 1 is 1.29 bits per heavy atom. The summed E-state index contributed by atoms with van der Waals surface area (Å²) in [5, 5.41) is 0. The lowest BCUT2D eigenvalue weighted by molar-refractivity contribution is 0.0904. The third-order valence-corrected chi connectivity index (χ3v) is 3.49. The maximum absolute atomic E-state index is 13.4. The Hall–Kier alpha value is -0.700. The molecule has 0 aromatic heterocycles. The minimum absolute atomic E-state index is 0.0329. The van der Waals surface area contributed by atoms with E-state index in [1.165, 1.54) is 6.07 Å². The number of benzene rings is 1. The third-order valence-electron chi connectivity index (χ3n) is 2.85. The van der Waals surface area contributed by atoms with E-state index in [2.05, 4.69) is 29.8 Å². The molecule has 0 aliphatic heterocycles. The molecule has 0 fully saturated rings. The second kappa shape index (κ2) is 6.90. The normalized spacial score (nSPS) is 10.9. The molecule has 0 unspecified atom stereocenters. The van der Waals surface area contributed by atoms with Crippen LogP contribution in [0.1, 0.15) is 49.9 Å². The zero-order chi connectivity index (χ0) is 12.8. The summed E-state index contributed by atoms with van der Waals surface area (Å²) in [6, 6.07) is 4.61. The first-order valence-electron chi connectivity index (χ1n) is 6.09. The summed E-state index contributed by atoms with van der Waals surface area (Å²) >= 11 is 3.09. The van der Waals surface area contributed by atoms with Gasteiger partial charge >= 0.3 is 0 Å². The molecule has 0 saturated carbocycles. The topological polar surface area (TPSA) is 17.1 Å². The van der Waals surface area contributed by atoms with Crippen LogP contribution in [0.5, 0.6) is 0 Å². The number of carbonyl (C=O) groups is 1. The Labute approximate surface area is 111 Å². The van der Waals surface area contributed by atoms with Crippen molar-refractivity contribution in [2.24, 2.45) is 5.92 Å². The Morgan fingerprint density at radius 2 is 1.88 bits per heavy atom. The summed E-state index contributed by atoms with van der Waals surface area (Å²) in [6.07, 6.45) is 3.72. The maximum Gasteiger partial charge on any atom is 0.166 e. The molecule has 0 N–H and O–H groups in total. The van der Waals surface area contributed by atoms with Crippen LogP contribution in [0.15, 0.2) is 22.7 Å². The lowest BCUT2D eigenvalue weighted by Gasteiger charge is -2.14. The van der Waals surface area contributed by atoms with E-state index in [1.807, 2.05) is 0 Å². The number of carbonyl (C=O) groups excluding carboxylic acids is 1. The SMILES string of the molecule is CCCC(CCC)C(=O)c1ccc(Br)c(F)c1. The molecule has 1 aromatic carbocycles. The molecule has 0 atom stereocenters. The van der Waals surface area contributed by atoms with Crippen molar-refractivity contribution in [3.63, 3.8) is 0 Å². The summed E-state index contributed by atoms with van der Waals surface area (Å²) in [4.78, 5) is 12.2. The molecule has 1 rings (SSSR count). The molecule has 1 aromatic rings. The average Bonchev–Trinajstić information content (AvgIpc) is 2.31. The first kappa shape index (κ1) is 14.4. The molecule has 3 heteroatoms. The van der Waals surface area contributed by atoms with E-state index in [0.29, 0.717) is 10.0 Å². The van der Waals surface area contributed by atoms with Crippen LogP contribution in [0.4, 0.5) is 4.39 Å². The Balaban J connectivity index is 2.88. The fraction of sp³-hybridized carbons (Fsp3) is 0.500. The molecule has 0 aliphatic carbocycles. The van der Waals surface area contributed by atoms with E-state index in [9.17, 15) is 9.18 Å². The number of halogens is 2. The van der Waals surface area contributed by atoms with Gasteiger partial charge in [0.05, 0.1) is 4.47 Å².